The molecule has 38 heavy (non-hydrogen) atoms. The van der Waals surface area contributed by atoms with Crippen molar-refractivity contribution in [1.82, 2.24) is 0 Å². The third-order valence-corrected chi connectivity index (χ3v) is 7.69. The standard InChI is InChI=1S/C32H25F2O3S/c1-3-32(2,22-21-24-7-5-4-6-8-24)37-31(35)23-36-27-13-19-30(20-14-27)38(28-15-9-25(33)10-16-28)29-17-11-26(34)12-18-29/h3-20H,1,23H2,2H3/q+1. The van der Waals surface area contributed by atoms with E-state index in [1.54, 1.807) is 43.3 Å². The molecule has 4 aromatic rings. The molecule has 4 aromatic carbocycles. The van der Waals surface area contributed by atoms with Crippen molar-refractivity contribution in [2.75, 3.05) is 6.61 Å². The number of carbonyl (C=O) groups is 1. The average molecular weight is 528 g/mol. The molecule has 0 radical (unpaired) electrons. The number of carbonyl (C=O) groups excluding carboxylic acids is 1. The quantitative estimate of drug-likeness (QED) is 0.107. The molecule has 1 unspecified atom stereocenters. The SMILES string of the molecule is C=CC(C)(C#Cc1ccccc1)OC(=O)COc1ccc([S+](c2ccc(F)cc2)c2ccc(F)cc2)cc1. The lowest BCUT2D eigenvalue weighted by Gasteiger charge is -2.20. The van der Waals surface area contributed by atoms with Gasteiger partial charge in [-0.3, -0.25) is 0 Å². The van der Waals surface area contributed by atoms with Crippen LogP contribution in [0.4, 0.5) is 8.78 Å². The summed E-state index contributed by atoms with van der Waals surface area (Å²) >= 11 is 0. The number of ether oxygens (including phenoxy) is 2. The van der Waals surface area contributed by atoms with Gasteiger partial charge in [0.05, 0.1) is 10.9 Å². The van der Waals surface area contributed by atoms with Gasteiger partial charge in [0.2, 0.25) is 0 Å². The minimum Gasteiger partial charge on any atom is -0.482 e. The molecule has 0 aromatic heterocycles. The summed E-state index contributed by atoms with van der Waals surface area (Å²) in [7, 11) is -0.592. The first-order valence-corrected chi connectivity index (χ1v) is 13.0. The van der Waals surface area contributed by atoms with E-state index in [1.807, 2.05) is 42.5 Å². The lowest BCUT2D eigenvalue weighted by Crippen LogP contribution is -2.30. The summed E-state index contributed by atoms with van der Waals surface area (Å²) < 4.78 is 38.2. The van der Waals surface area contributed by atoms with Crippen LogP contribution in [0.5, 0.6) is 5.75 Å². The number of hydrogen-bond donors (Lipinski definition) is 0. The molecule has 0 N–H and O–H groups in total. The van der Waals surface area contributed by atoms with Crippen LogP contribution in [-0.2, 0) is 20.4 Å². The summed E-state index contributed by atoms with van der Waals surface area (Å²) in [6.45, 7) is 5.09. The van der Waals surface area contributed by atoms with Crippen molar-refractivity contribution < 1.29 is 23.0 Å². The fraction of sp³-hybridized carbons (Fsp3) is 0.0938. The zero-order chi connectivity index (χ0) is 27.0. The molecule has 3 nitrogen and oxygen atoms in total. The van der Waals surface area contributed by atoms with E-state index in [2.05, 4.69) is 18.4 Å². The summed E-state index contributed by atoms with van der Waals surface area (Å²) in [5, 5.41) is 0. The minimum atomic E-state index is -1.17. The van der Waals surface area contributed by atoms with E-state index < -0.39 is 22.5 Å². The predicted molar refractivity (Wildman–Crippen MR) is 145 cm³/mol. The second-order valence-corrected chi connectivity index (χ2v) is 10.4. The monoisotopic (exact) mass is 527 g/mol. The molecule has 6 heteroatoms. The normalized spacial score (nSPS) is 12.1. The van der Waals surface area contributed by atoms with Gasteiger partial charge in [-0.1, -0.05) is 30.7 Å². The average Bonchev–Trinajstić information content (AvgIpc) is 2.94. The number of benzene rings is 4. The Hall–Kier alpha value is -4.34. The Morgan fingerprint density at radius 2 is 1.34 bits per heavy atom. The van der Waals surface area contributed by atoms with E-state index in [0.717, 1.165) is 20.2 Å². The van der Waals surface area contributed by atoms with Crippen molar-refractivity contribution in [3.8, 4) is 17.6 Å². The minimum absolute atomic E-state index is 0.308. The van der Waals surface area contributed by atoms with E-state index in [1.165, 1.54) is 30.3 Å². The molecular weight excluding hydrogens is 502 g/mol. The molecular formula is C32H25F2O3S+. The number of rotatable bonds is 8. The highest BCUT2D eigenvalue weighted by Crippen LogP contribution is 2.32. The van der Waals surface area contributed by atoms with Crippen LogP contribution < -0.4 is 4.74 Å². The first-order valence-electron chi connectivity index (χ1n) is 11.8. The second kappa shape index (κ2) is 12.3. The summed E-state index contributed by atoms with van der Waals surface area (Å²) in [6.07, 6.45) is 1.47. The van der Waals surface area contributed by atoms with Crippen molar-refractivity contribution in [2.45, 2.75) is 27.2 Å². The van der Waals surface area contributed by atoms with Gasteiger partial charge in [-0.05, 0) is 104 Å². The second-order valence-electron chi connectivity index (χ2n) is 8.38. The van der Waals surface area contributed by atoms with Gasteiger partial charge in [-0.2, -0.15) is 0 Å². The maximum atomic E-state index is 13.5. The van der Waals surface area contributed by atoms with Crippen molar-refractivity contribution in [2.24, 2.45) is 0 Å². The Bertz CT molecular complexity index is 1400. The van der Waals surface area contributed by atoms with Crippen molar-refractivity contribution in [3.63, 3.8) is 0 Å². The van der Waals surface area contributed by atoms with Crippen LogP contribution >= 0.6 is 0 Å². The van der Waals surface area contributed by atoms with E-state index >= 15 is 0 Å². The van der Waals surface area contributed by atoms with Gasteiger partial charge in [0, 0.05) is 5.56 Å². The Kier molecular flexibility index (Phi) is 8.62. The van der Waals surface area contributed by atoms with E-state index in [0.29, 0.717) is 5.75 Å². The molecule has 0 amide bonds. The van der Waals surface area contributed by atoms with Crippen LogP contribution in [0.25, 0.3) is 0 Å². The first kappa shape index (κ1) is 26.7. The van der Waals surface area contributed by atoms with Crippen LogP contribution in [0.15, 0.2) is 130 Å². The Balaban J connectivity index is 1.44. The number of esters is 1. The number of hydrogen-bond acceptors (Lipinski definition) is 3. The Labute approximate surface area is 224 Å². The molecule has 0 heterocycles. The highest BCUT2D eigenvalue weighted by molar-refractivity contribution is 7.97. The predicted octanol–water partition coefficient (Wildman–Crippen LogP) is 6.98. The molecule has 1 atom stereocenters. The largest absolute Gasteiger partial charge is 0.482 e. The summed E-state index contributed by atoms with van der Waals surface area (Å²) in [5.41, 5.74) is -0.369. The first-order chi connectivity index (χ1) is 18.3. The van der Waals surface area contributed by atoms with Crippen LogP contribution in [0.2, 0.25) is 0 Å². The van der Waals surface area contributed by atoms with Gasteiger partial charge in [-0.25, -0.2) is 13.6 Å². The fourth-order valence-electron chi connectivity index (χ4n) is 3.47. The lowest BCUT2D eigenvalue weighted by atomic mass is 10.1. The van der Waals surface area contributed by atoms with Gasteiger partial charge in [0.1, 0.15) is 17.4 Å². The van der Waals surface area contributed by atoms with Crippen LogP contribution in [0, 0.1) is 23.5 Å². The molecule has 0 spiro atoms. The molecule has 4 rings (SSSR count). The molecule has 0 fully saturated rings. The fourth-order valence-corrected chi connectivity index (χ4v) is 5.51. The highest BCUT2D eigenvalue weighted by Gasteiger charge is 2.29. The van der Waals surface area contributed by atoms with E-state index in [-0.39, 0.29) is 18.2 Å². The third-order valence-electron chi connectivity index (χ3n) is 5.46. The summed E-state index contributed by atoms with van der Waals surface area (Å²) in [4.78, 5) is 15.2. The highest BCUT2D eigenvalue weighted by atomic mass is 32.2. The van der Waals surface area contributed by atoms with Gasteiger partial charge < -0.3 is 9.47 Å². The van der Waals surface area contributed by atoms with Crippen molar-refractivity contribution >= 4 is 16.9 Å². The maximum Gasteiger partial charge on any atom is 0.345 e. The molecule has 0 aliphatic heterocycles. The molecule has 0 saturated carbocycles. The zero-order valence-electron chi connectivity index (χ0n) is 20.7. The van der Waals surface area contributed by atoms with E-state index in [9.17, 15) is 13.6 Å². The van der Waals surface area contributed by atoms with Crippen LogP contribution in [0.1, 0.15) is 12.5 Å². The van der Waals surface area contributed by atoms with Crippen molar-refractivity contribution in [3.05, 3.63) is 133 Å². The maximum absolute atomic E-state index is 13.5. The smallest absolute Gasteiger partial charge is 0.345 e. The van der Waals surface area contributed by atoms with Gasteiger partial charge >= 0.3 is 5.97 Å². The Morgan fingerprint density at radius 3 is 1.84 bits per heavy atom. The van der Waals surface area contributed by atoms with Crippen LogP contribution in [-0.4, -0.2) is 18.2 Å². The lowest BCUT2D eigenvalue weighted by molar-refractivity contribution is -0.152. The van der Waals surface area contributed by atoms with Crippen LogP contribution in [0.3, 0.4) is 0 Å². The molecule has 0 aliphatic rings. The summed E-state index contributed by atoms with van der Waals surface area (Å²) in [6, 6.07) is 29.1. The van der Waals surface area contributed by atoms with Gasteiger partial charge in [-0.15, -0.1) is 0 Å². The molecule has 190 valence electrons. The molecule has 0 bridgehead atoms. The van der Waals surface area contributed by atoms with Gasteiger partial charge in [0.15, 0.2) is 26.9 Å². The molecule has 0 aliphatic carbocycles. The van der Waals surface area contributed by atoms with Gasteiger partial charge in [0.25, 0.3) is 0 Å². The zero-order valence-corrected chi connectivity index (χ0v) is 21.5. The van der Waals surface area contributed by atoms with Crippen molar-refractivity contribution in [1.29, 1.82) is 0 Å². The van der Waals surface area contributed by atoms with E-state index in [4.69, 9.17) is 9.47 Å². The summed E-state index contributed by atoms with van der Waals surface area (Å²) in [5.74, 6) is 5.15. The Morgan fingerprint density at radius 1 is 0.842 bits per heavy atom. The molecule has 0 saturated heterocycles. The number of halogens is 2. The topological polar surface area (TPSA) is 35.5 Å². The third kappa shape index (κ3) is 7.12.